The first kappa shape index (κ1) is 9.68. The van der Waals surface area contributed by atoms with Gasteiger partial charge in [-0.3, -0.25) is 4.79 Å². The van der Waals surface area contributed by atoms with Crippen molar-refractivity contribution in [3.8, 4) is 0 Å². The van der Waals surface area contributed by atoms with Gasteiger partial charge in [-0.25, -0.2) is 0 Å². The predicted molar refractivity (Wildman–Crippen MR) is 59.3 cm³/mol. The molecule has 0 heterocycles. The van der Waals surface area contributed by atoms with Crippen molar-refractivity contribution in [2.75, 3.05) is 6.54 Å². The highest BCUT2D eigenvalue weighted by Gasteiger charge is 2.50. The molecule has 0 aromatic heterocycles. The van der Waals surface area contributed by atoms with E-state index in [0.717, 1.165) is 24.3 Å². The van der Waals surface area contributed by atoms with E-state index in [0.29, 0.717) is 5.41 Å². The van der Waals surface area contributed by atoms with E-state index in [1.165, 1.54) is 38.5 Å². The largest absolute Gasteiger partial charge is 0.356 e. The van der Waals surface area contributed by atoms with E-state index in [2.05, 4.69) is 5.32 Å². The molecule has 0 saturated heterocycles. The minimum absolute atomic E-state index is 0.144. The molecule has 4 rings (SSSR count). The zero-order valence-electron chi connectivity index (χ0n) is 9.59. The lowest BCUT2D eigenvalue weighted by molar-refractivity contribution is -0.121. The first-order chi connectivity index (χ1) is 7.15. The van der Waals surface area contributed by atoms with Gasteiger partial charge in [-0.2, -0.15) is 0 Å². The van der Waals surface area contributed by atoms with Crippen LogP contribution in [0.3, 0.4) is 0 Å². The van der Waals surface area contributed by atoms with Crippen molar-refractivity contribution in [2.45, 2.75) is 45.4 Å². The lowest BCUT2D eigenvalue weighted by atomic mass is 9.49. The van der Waals surface area contributed by atoms with Gasteiger partial charge in [-0.1, -0.05) is 0 Å². The predicted octanol–water partition coefficient (Wildman–Crippen LogP) is 2.34. The van der Waals surface area contributed by atoms with E-state index in [1.54, 1.807) is 6.92 Å². The molecule has 4 fully saturated rings. The molecule has 4 aliphatic carbocycles. The van der Waals surface area contributed by atoms with E-state index in [9.17, 15) is 4.79 Å². The van der Waals surface area contributed by atoms with Crippen molar-refractivity contribution in [3.63, 3.8) is 0 Å². The van der Waals surface area contributed by atoms with Crippen LogP contribution in [0.25, 0.3) is 0 Å². The van der Waals surface area contributed by atoms with E-state index in [4.69, 9.17) is 0 Å². The van der Waals surface area contributed by atoms with Gasteiger partial charge in [-0.15, -0.1) is 0 Å². The molecule has 4 aliphatic rings. The van der Waals surface area contributed by atoms with Crippen molar-refractivity contribution in [1.29, 1.82) is 0 Å². The Bertz CT molecular complexity index is 249. The molecule has 2 nitrogen and oxygen atoms in total. The number of nitrogens with one attached hydrogen (secondary N) is 1. The van der Waals surface area contributed by atoms with Gasteiger partial charge in [0.25, 0.3) is 0 Å². The average molecular weight is 207 g/mol. The van der Waals surface area contributed by atoms with Crippen LogP contribution >= 0.6 is 0 Å². The van der Waals surface area contributed by atoms with Crippen molar-refractivity contribution in [2.24, 2.45) is 23.2 Å². The van der Waals surface area contributed by atoms with Gasteiger partial charge in [-0.05, 0) is 61.7 Å². The Morgan fingerprint density at radius 2 is 1.60 bits per heavy atom. The summed E-state index contributed by atoms with van der Waals surface area (Å²) >= 11 is 0. The van der Waals surface area contributed by atoms with Crippen molar-refractivity contribution < 1.29 is 4.79 Å². The molecule has 0 aromatic rings. The monoisotopic (exact) mass is 207 g/mol. The van der Waals surface area contributed by atoms with Crippen LogP contribution in [-0.4, -0.2) is 12.5 Å². The van der Waals surface area contributed by atoms with Gasteiger partial charge in [0.2, 0.25) is 5.91 Å². The molecule has 4 bridgehead atoms. The average Bonchev–Trinajstić information content (AvgIpc) is 2.12. The fraction of sp³-hybridized carbons (Fsp3) is 0.923. The Morgan fingerprint density at radius 3 is 2.00 bits per heavy atom. The highest BCUT2D eigenvalue weighted by atomic mass is 16.1. The summed E-state index contributed by atoms with van der Waals surface area (Å²) in [4.78, 5) is 11.0. The minimum atomic E-state index is 0.144. The molecule has 4 saturated carbocycles. The summed E-state index contributed by atoms with van der Waals surface area (Å²) in [6, 6.07) is 0. The minimum Gasteiger partial charge on any atom is -0.356 e. The number of hydrogen-bond donors (Lipinski definition) is 1. The third-order valence-corrected chi connectivity index (χ3v) is 4.88. The third-order valence-electron chi connectivity index (χ3n) is 4.88. The van der Waals surface area contributed by atoms with Crippen LogP contribution in [0.5, 0.6) is 0 Å². The molecule has 0 radical (unpaired) electrons. The standard InChI is InChI=1S/C13H21NO/c1-9(15)14-8-13-5-10-2-11(6-13)4-12(3-10)7-13/h10-12H,2-8H2,1H3,(H,14,15). The summed E-state index contributed by atoms with van der Waals surface area (Å²) < 4.78 is 0. The van der Waals surface area contributed by atoms with Crippen molar-refractivity contribution in [1.82, 2.24) is 5.32 Å². The van der Waals surface area contributed by atoms with E-state index in [-0.39, 0.29) is 5.91 Å². The summed E-state index contributed by atoms with van der Waals surface area (Å²) in [5.74, 6) is 3.12. The molecule has 1 amide bonds. The first-order valence-electron chi connectivity index (χ1n) is 6.40. The van der Waals surface area contributed by atoms with Gasteiger partial charge in [0.05, 0.1) is 0 Å². The van der Waals surface area contributed by atoms with Gasteiger partial charge in [0.15, 0.2) is 0 Å². The summed E-state index contributed by atoms with van der Waals surface area (Å²) in [7, 11) is 0. The quantitative estimate of drug-likeness (QED) is 0.740. The van der Waals surface area contributed by atoms with Crippen LogP contribution in [0.4, 0.5) is 0 Å². The summed E-state index contributed by atoms with van der Waals surface area (Å²) in [6.07, 6.45) is 8.62. The van der Waals surface area contributed by atoms with E-state index < -0.39 is 0 Å². The van der Waals surface area contributed by atoms with Gasteiger partial charge >= 0.3 is 0 Å². The van der Waals surface area contributed by atoms with Gasteiger partial charge < -0.3 is 5.32 Å². The Morgan fingerprint density at radius 1 is 1.13 bits per heavy atom. The number of carbonyl (C=O) groups excluding carboxylic acids is 1. The molecule has 84 valence electrons. The van der Waals surface area contributed by atoms with Crippen LogP contribution in [0.2, 0.25) is 0 Å². The van der Waals surface area contributed by atoms with Crippen molar-refractivity contribution >= 4 is 5.91 Å². The molecular weight excluding hydrogens is 186 g/mol. The number of amides is 1. The summed E-state index contributed by atoms with van der Waals surface area (Å²) in [6.45, 7) is 2.59. The lowest BCUT2D eigenvalue weighted by Gasteiger charge is -2.56. The number of hydrogen-bond acceptors (Lipinski definition) is 1. The maximum Gasteiger partial charge on any atom is 0.216 e. The second kappa shape index (κ2) is 3.23. The summed E-state index contributed by atoms with van der Waals surface area (Å²) in [5.41, 5.74) is 0.500. The van der Waals surface area contributed by atoms with Gasteiger partial charge in [0, 0.05) is 13.5 Å². The first-order valence-corrected chi connectivity index (χ1v) is 6.40. The zero-order valence-corrected chi connectivity index (χ0v) is 9.59. The zero-order chi connectivity index (χ0) is 10.5. The lowest BCUT2D eigenvalue weighted by Crippen LogP contribution is -2.50. The number of rotatable bonds is 2. The van der Waals surface area contributed by atoms with Crippen LogP contribution in [0.1, 0.15) is 45.4 Å². The maximum atomic E-state index is 11.0. The second-order valence-corrected chi connectivity index (χ2v) is 6.33. The fourth-order valence-electron chi connectivity index (χ4n) is 4.82. The van der Waals surface area contributed by atoms with Crippen LogP contribution in [-0.2, 0) is 4.79 Å². The fourth-order valence-corrected chi connectivity index (χ4v) is 4.82. The Kier molecular flexibility index (Phi) is 2.08. The molecule has 15 heavy (non-hydrogen) atoms. The van der Waals surface area contributed by atoms with Gasteiger partial charge in [0.1, 0.15) is 0 Å². The normalized spacial score (nSPS) is 46.9. The molecule has 0 aliphatic heterocycles. The highest BCUT2D eigenvalue weighted by molar-refractivity contribution is 5.72. The highest BCUT2D eigenvalue weighted by Crippen LogP contribution is 2.59. The number of carbonyl (C=O) groups is 1. The molecule has 0 atom stereocenters. The Balaban J connectivity index is 1.72. The van der Waals surface area contributed by atoms with E-state index >= 15 is 0 Å². The van der Waals surface area contributed by atoms with Crippen LogP contribution in [0.15, 0.2) is 0 Å². The molecule has 2 heteroatoms. The van der Waals surface area contributed by atoms with E-state index in [1.807, 2.05) is 0 Å². The molecular formula is C13H21NO. The Hall–Kier alpha value is -0.530. The Labute approximate surface area is 91.8 Å². The molecule has 0 unspecified atom stereocenters. The molecule has 0 aromatic carbocycles. The third kappa shape index (κ3) is 1.68. The topological polar surface area (TPSA) is 29.1 Å². The maximum absolute atomic E-state index is 11.0. The second-order valence-electron chi connectivity index (χ2n) is 6.33. The molecule has 0 spiro atoms. The SMILES string of the molecule is CC(=O)NCC12CC3CC(CC(C3)C1)C2. The van der Waals surface area contributed by atoms with Crippen LogP contribution in [0, 0.1) is 23.2 Å². The van der Waals surface area contributed by atoms with Crippen LogP contribution < -0.4 is 5.32 Å². The van der Waals surface area contributed by atoms with Crippen molar-refractivity contribution in [3.05, 3.63) is 0 Å². The smallest absolute Gasteiger partial charge is 0.216 e. The summed E-state index contributed by atoms with van der Waals surface area (Å²) in [5, 5.41) is 3.06. The molecule has 1 N–H and O–H groups in total.